The minimum Gasteiger partial charge on any atom is -0.497 e. The van der Waals surface area contributed by atoms with Crippen LogP contribution in [0.4, 0.5) is 0 Å². The van der Waals surface area contributed by atoms with Gasteiger partial charge in [0.1, 0.15) is 5.75 Å². The van der Waals surface area contributed by atoms with Crippen LogP contribution in [0.25, 0.3) is 0 Å². The van der Waals surface area contributed by atoms with Crippen LogP contribution in [0, 0.1) is 0 Å². The van der Waals surface area contributed by atoms with Gasteiger partial charge in [-0.05, 0) is 30.8 Å². The molecule has 1 atom stereocenters. The Hall–Kier alpha value is -0.580. The number of benzene rings is 1. The lowest BCUT2D eigenvalue weighted by Gasteiger charge is -2.16. The largest absolute Gasteiger partial charge is 0.497 e. The molecule has 0 saturated carbocycles. The third-order valence-corrected chi connectivity index (χ3v) is 2.83. The zero-order valence-corrected chi connectivity index (χ0v) is 9.84. The molecule has 1 rings (SSSR count). The molecule has 1 aromatic carbocycles. The molecule has 0 radical (unpaired) electrons. The number of hydrogen-bond acceptors (Lipinski definition) is 3. The van der Waals surface area contributed by atoms with Crippen molar-refractivity contribution in [3.8, 4) is 5.75 Å². The van der Waals surface area contributed by atoms with Crippen molar-refractivity contribution in [3.05, 3.63) is 28.2 Å². The Morgan fingerprint density at radius 1 is 1.57 bits per heavy atom. The molecule has 14 heavy (non-hydrogen) atoms. The van der Waals surface area contributed by atoms with Crippen molar-refractivity contribution >= 4 is 15.9 Å². The summed E-state index contributed by atoms with van der Waals surface area (Å²) in [6.45, 7) is 0.0578. The zero-order chi connectivity index (χ0) is 10.6. The number of halogens is 1. The van der Waals surface area contributed by atoms with Crippen LogP contribution in [0.3, 0.4) is 0 Å². The van der Waals surface area contributed by atoms with Crippen molar-refractivity contribution in [2.75, 3.05) is 20.8 Å². The number of ether oxygens (including phenoxy) is 1. The van der Waals surface area contributed by atoms with Crippen LogP contribution in [0.15, 0.2) is 22.7 Å². The maximum Gasteiger partial charge on any atom is 0.119 e. The number of nitrogens with one attached hydrogen (secondary N) is 1. The number of aliphatic hydroxyl groups excluding tert-OH is 1. The van der Waals surface area contributed by atoms with E-state index in [9.17, 15) is 0 Å². The van der Waals surface area contributed by atoms with Crippen molar-refractivity contribution in [1.82, 2.24) is 5.32 Å². The van der Waals surface area contributed by atoms with E-state index in [-0.39, 0.29) is 12.6 Å². The average molecular weight is 260 g/mol. The Morgan fingerprint density at radius 2 is 2.29 bits per heavy atom. The van der Waals surface area contributed by atoms with Crippen molar-refractivity contribution < 1.29 is 9.84 Å². The van der Waals surface area contributed by atoms with Gasteiger partial charge in [0.05, 0.1) is 19.8 Å². The molecule has 0 heterocycles. The van der Waals surface area contributed by atoms with Crippen LogP contribution in [0.2, 0.25) is 0 Å². The van der Waals surface area contributed by atoms with Crippen molar-refractivity contribution in [3.63, 3.8) is 0 Å². The molecule has 0 fully saturated rings. The van der Waals surface area contributed by atoms with Gasteiger partial charge in [0.2, 0.25) is 0 Å². The summed E-state index contributed by atoms with van der Waals surface area (Å²) < 4.78 is 6.08. The second-order valence-electron chi connectivity index (χ2n) is 2.91. The Balaban J connectivity index is 3.04. The van der Waals surface area contributed by atoms with Gasteiger partial charge < -0.3 is 15.2 Å². The maximum atomic E-state index is 9.14. The highest BCUT2D eigenvalue weighted by atomic mass is 79.9. The van der Waals surface area contributed by atoms with Gasteiger partial charge in [-0.3, -0.25) is 0 Å². The lowest BCUT2D eigenvalue weighted by molar-refractivity contribution is 0.250. The normalized spacial score (nSPS) is 12.6. The monoisotopic (exact) mass is 259 g/mol. The summed E-state index contributed by atoms with van der Waals surface area (Å²) in [5.74, 6) is 0.789. The fraction of sp³-hybridized carbons (Fsp3) is 0.400. The highest BCUT2D eigenvalue weighted by Crippen LogP contribution is 2.27. The van der Waals surface area contributed by atoms with E-state index < -0.39 is 0 Å². The van der Waals surface area contributed by atoms with E-state index in [0.717, 1.165) is 15.8 Å². The third kappa shape index (κ3) is 2.47. The molecule has 0 saturated heterocycles. The standard InChI is InChI=1S/C10H14BrNO2/c1-12-10(6-13)8-5-7(14-2)3-4-9(8)11/h3-5,10,12-13H,6H2,1-2H3/t10-/m1/s1. The maximum absolute atomic E-state index is 9.14. The second kappa shape index (κ2) is 5.34. The van der Waals surface area contributed by atoms with Crippen LogP contribution in [0.5, 0.6) is 5.75 Å². The molecule has 0 aliphatic heterocycles. The van der Waals surface area contributed by atoms with Gasteiger partial charge in [0.15, 0.2) is 0 Å². The van der Waals surface area contributed by atoms with Gasteiger partial charge in [-0.1, -0.05) is 15.9 Å². The molecule has 2 N–H and O–H groups in total. The van der Waals surface area contributed by atoms with E-state index in [1.807, 2.05) is 25.2 Å². The predicted molar refractivity (Wildman–Crippen MR) is 59.6 cm³/mol. The summed E-state index contributed by atoms with van der Waals surface area (Å²) in [5.41, 5.74) is 0.995. The molecule has 3 nitrogen and oxygen atoms in total. The predicted octanol–water partition coefficient (Wildman–Crippen LogP) is 1.71. The quantitative estimate of drug-likeness (QED) is 0.866. The van der Waals surface area contributed by atoms with E-state index in [0.29, 0.717) is 0 Å². The summed E-state index contributed by atoms with van der Waals surface area (Å²) in [5, 5.41) is 12.2. The molecular formula is C10H14BrNO2. The van der Waals surface area contributed by atoms with E-state index in [1.165, 1.54) is 0 Å². The Labute approximate surface area is 92.2 Å². The number of methoxy groups -OCH3 is 1. The van der Waals surface area contributed by atoms with Gasteiger partial charge in [-0.15, -0.1) is 0 Å². The number of hydrogen-bond donors (Lipinski definition) is 2. The first-order valence-corrected chi connectivity index (χ1v) is 5.13. The minimum atomic E-state index is -0.0699. The molecule has 0 bridgehead atoms. The highest BCUT2D eigenvalue weighted by Gasteiger charge is 2.12. The van der Waals surface area contributed by atoms with Crippen LogP contribution in [-0.2, 0) is 0 Å². The smallest absolute Gasteiger partial charge is 0.119 e. The van der Waals surface area contributed by atoms with E-state index in [2.05, 4.69) is 21.2 Å². The highest BCUT2D eigenvalue weighted by molar-refractivity contribution is 9.10. The summed E-state index contributed by atoms with van der Waals surface area (Å²) in [7, 11) is 3.44. The lowest BCUT2D eigenvalue weighted by Crippen LogP contribution is -2.20. The average Bonchev–Trinajstić information content (AvgIpc) is 2.22. The van der Waals surface area contributed by atoms with E-state index in [4.69, 9.17) is 9.84 Å². The lowest BCUT2D eigenvalue weighted by atomic mass is 10.1. The number of aliphatic hydroxyl groups is 1. The van der Waals surface area contributed by atoms with Crippen LogP contribution >= 0.6 is 15.9 Å². The molecule has 0 unspecified atom stereocenters. The fourth-order valence-electron chi connectivity index (χ4n) is 1.26. The first kappa shape index (κ1) is 11.5. The van der Waals surface area contributed by atoms with Crippen LogP contribution in [-0.4, -0.2) is 25.9 Å². The molecule has 78 valence electrons. The molecule has 0 aliphatic rings. The van der Waals surface area contributed by atoms with Gasteiger partial charge in [-0.2, -0.15) is 0 Å². The first-order chi connectivity index (χ1) is 6.72. The van der Waals surface area contributed by atoms with Crippen LogP contribution < -0.4 is 10.1 Å². The van der Waals surface area contributed by atoms with Crippen molar-refractivity contribution in [2.24, 2.45) is 0 Å². The second-order valence-corrected chi connectivity index (χ2v) is 3.77. The fourth-order valence-corrected chi connectivity index (χ4v) is 1.78. The van der Waals surface area contributed by atoms with E-state index >= 15 is 0 Å². The van der Waals surface area contributed by atoms with Gasteiger partial charge in [0, 0.05) is 4.47 Å². The molecule has 4 heteroatoms. The third-order valence-electron chi connectivity index (χ3n) is 2.11. The topological polar surface area (TPSA) is 41.5 Å². The van der Waals surface area contributed by atoms with Crippen molar-refractivity contribution in [2.45, 2.75) is 6.04 Å². The molecule has 0 amide bonds. The molecule has 1 aromatic rings. The number of likely N-dealkylation sites (N-methyl/N-ethyl adjacent to an activating group) is 1. The summed E-state index contributed by atoms with van der Waals surface area (Å²) in [6, 6.07) is 5.62. The summed E-state index contributed by atoms with van der Waals surface area (Å²) >= 11 is 3.44. The Morgan fingerprint density at radius 3 is 2.79 bits per heavy atom. The SMILES string of the molecule is CN[C@H](CO)c1cc(OC)ccc1Br. The van der Waals surface area contributed by atoms with Gasteiger partial charge in [0.25, 0.3) is 0 Å². The van der Waals surface area contributed by atoms with Crippen LogP contribution in [0.1, 0.15) is 11.6 Å². The Kier molecular flexibility index (Phi) is 4.38. The zero-order valence-electron chi connectivity index (χ0n) is 8.25. The van der Waals surface area contributed by atoms with Gasteiger partial charge >= 0.3 is 0 Å². The molecule has 0 aromatic heterocycles. The summed E-state index contributed by atoms with van der Waals surface area (Å²) in [6.07, 6.45) is 0. The molecule has 0 spiro atoms. The summed E-state index contributed by atoms with van der Waals surface area (Å²) in [4.78, 5) is 0. The van der Waals surface area contributed by atoms with Crippen molar-refractivity contribution in [1.29, 1.82) is 0 Å². The molecule has 0 aliphatic carbocycles. The van der Waals surface area contributed by atoms with E-state index in [1.54, 1.807) is 7.11 Å². The first-order valence-electron chi connectivity index (χ1n) is 4.34. The minimum absolute atomic E-state index is 0.0578. The van der Waals surface area contributed by atoms with Gasteiger partial charge in [-0.25, -0.2) is 0 Å². The Bertz CT molecular complexity index is 300. The molecular weight excluding hydrogens is 246 g/mol. The number of rotatable bonds is 4.